The lowest BCUT2D eigenvalue weighted by Gasteiger charge is -2.28. The monoisotopic (exact) mass is 346 g/mol. The van der Waals surface area contributed by atoms with Crippen molar-refractivity contribution in [2.24, 2.45) is 0 Å². The van der Waals surface area contributed by atoms with Gasteiger partial charge in [0, 0.05) is 26.2 Å². The largest absolute Gasteiger partial charge is 0.444 e. The highest BCUT2D eigenvalue weighted by molar-refractivity contribution is 5.67. The SMILES string of the molecule is CC(C)(C)OC(=O)NCCN(C[C@H](O)CO)C[C@H](O)C(F)(F)F. The number of ether oxygens (including phenoxy) is 1. The third kappa shape index (κ3) is 11.1. The van der Waals surface area contributed by atoms with Gasteiger partial charge >= 0.3 is 12.3 Å². The highest BCUT2D eigenvalue weighted by Crippen LogP contribution is 2.20. The van der Waals surface area contributed by atoms with Crippen LogP contribution in [0.25, 0.3) is 0 Å². The van der Waals surface area contributed by atoms with Crippen molar-refractivity contribution in [3.63, 3.8) is 0 Å². The molecule has 10 heteroatoms. The van der Waals surface area contributed by atoms with E-state index < -0.39 is 43.2 Å². The third-order valence-corrected chi connectivity index (χ3v) is 2.58. The fourth-order valence-corrected chi connectivity index (χ4v) is 1.59. The van der Waals surface area contributed by atoms with Crippen LogP contribution in [0.1, 0.15) is 20.8 Å². The van der Waals surface area contributed by atoms with Crippen molar-refractivity contribution in [3.05, 3.63) is 0 Å². The summed E-state index contributed by atoms with van der Waals surface area (Å²) in [7, 11) is 0. The molecule has 4 N–H and O–H groups in total. The summed E-state index contributed by atoms with van der Waals surface area (Å²) in [4.78, 5) is 12.5. The molecule has 1 amide bonds. The lowest BCUT2D eigenvalue weighted by molar-refractivity contribution is -0.208. The van der Waals surface area contributed by atoms with Gasteiger partial charge in [0.05, 0.1) is 12.7 Å². The van der Waals surface area contributed by atoms with Crippen LogP contribution in [0, 0.1) is 0 Å². The van der Waals surface area contributed by atoms with Crippen LogP contribution in [0.3, 0.4) is 0 Å². The molecule has 0 spiro atoms. The Labute approximate surface area is 133 Å². The number of hydrogen-bond acceptors (Lipinski definition) is 6. The zero-order chi connectivity index (χ0) is 18.3. The first-order chi connectivity index (χ1) is 10.3. The average molecular weight is 346 g/mol. The minimum atomic E-state index is -4.79. The fourth-order valence-electron chi connectivity index (χ4n) is 1.59. The molecule has 0 aromatic heterocycles. The van der Waals surface area contributed by atoms with Crippen LogP contribution in [0.5, 0.6) is 0 Å². The maximum absolute atomic E-state index is 12.4. The van der Waals surface area contributed by atoms with Crippen molar-refractivity contribution in [1.82, 2.24) is 10.2 Å². The second-order valence-electron chi connectivity index (χ2n) is 6.08. The van der Waals surface area contributed by atoms with Gasteiger partial charge in [-0.25, -0.2) is 4.79 Å². The Morgan fingerprint density at radius 3 is 2.22 bits per heavy atom. The van der Waals surface area contributed by atoms with E-state index in [1.54, 1.807) is 20.8 Å². The smallest absolute Gasteiger partial charge is 0.415 e. The summed E-state index contributed by atoms with van der Waals surface area (Å²) in [5, 5.41) is 29.5. The van der Waals surface area contributed by atoms with E-state index in [1.807, 2.05) is 0 Å². The highest BCUT2D eigenvalue weighted by Gasteiger charge is 2.39. The van der Waals surface area contributed by atoms with Crippen LogP contribution in [0.4, 0.5) is 18.0 Å². The molecule has 7 nitrogen and oxygen atoms in total. The summed E-state index contributed by atoms with van der Waals surface area (Å²) in [6.07, 6.45) is -9.36. The van der Waals surface area contributed by atoms with Gasteiger partial charge in [0.15, 0.2) is 6.10 Å². The van der Waals surface area contributed by atoms with Crippen LogP contribution in [-0.4, -0.2) is 83.1 Å². The molecule has 0 saturated heterocycles. The molecule has 0 fully saturated rings. The zero-order valence-electron chi connectivity index (χ0n) is 13.4. The van der Waals surface area contributed by atoms with E-state index in [0.29, 0.717) is 0 Å². The Morgan fingerprint density at radius 2 is 1.78 bits per heavy atom. The number of carbonyl (C=O) groups is 1. The number of rotatable bonds is 8. The van der Waals surface area contributed by atoms with Crippen LogP contribution in [0.15, 0.2) is 0 Å². The quantitative estimate of drug-likeness (QED) is 0.497. The predicted octanol–water partition coefficient (Wildman–Crippen LogP) is 0.0895. The number of hydrogen-bond donors (Lipinski definition) is 4. The summed E-state index contributed by atoms with van der Waals surface area (Å²) in [5.74, 6) is 0. The average Bonchev–Trinajstić information content (AvgIpc) is 2.34. The van der Waals surface area contributed by atoms with E-state index >= 15 is 0 Å². The van der Waals surface area contributed by atoms with Gasteiger partial charge in [0.2, 0.25) is 0 Å². The first kappa shape index (κ1) is 21.9. The number of alkyl carbamates (subject to hydrolysis) is 1. The Balaban J connectivity index is 4.45. The van der Waals surface area contributed by atoms with Crippen molar-refractivity contribution < 1.29 is 38.0 Å². The molecule has 0 radical (unpaired) electrons. The number of nitrogens with zero attached hydrogens (tertiary/aromatic N) is 1. The van der Waals surface area contributed by atoms with Gasteiger partial charge in [0.25, 0.3) is 0 Å². The Hall–Kier alpha value is -1.10. The number of aliphatic hydroxyl groups is 3. The first-order valence-corrected chi connectivity index (χ1v) is 7.08. The van der Waals surface area contributed by atoms with Gasteiger partial charge < -0.3 is 25.4 Å². The normalized spacial score (nSPS) is 15.4. The maximum Gasteiger partial charge on any atom is 0.415 e. The molecular weight excluding hydrogens is 321 g/mol. The number of amides is 1. The summed E-state index contributed by atoms with van der Waals surface area (Å²) in [6.45, 7) is 3.19. The minimum Gasteiger partial charge on any atom is -0.444 e. The van der Waals surface area contributed by atoms with Crippen molar-refractivity contribution in [1.29, 1.82) is 0 Å². The van der Waals surface area contributed by atoms with E-state index in [2.05, 4.69) is 5.32 Å². The molecule has 0 aliphatic rings. The highest BCUT2D eigenvalue weighted by atomic mass is 19.4. The molecule has 0 aromatic rings. The molecule has 138 valence electrons. The number of alkyl halides is 3. The molecule has 0 unspecified atom stereocenters. The van der Waals surface area contributed by atoms with Crippen molar-refractivity contribution >= 4 is 6.09 Å². The van der Waals surface area contributed by atoms with Crippen molar-refractivity contribution in [2.75, 3.05) is 32.8 Å². The number of aliphatic hydroxyl groups excluding tert-OH is 3. The van der Waals surface area contributed by atoms with E-state index in [-0.39, 0.29) is 19.6 Å². The number of nitrogens with one attached hydrogen (secondary N) is 1. The molecule has 2 atom stereocenters. The van der Waals surface area contributed by atoms with Crippen molar-refractivity contribution in [2.45, 2.75) is 44.8 Å². The summed E-state index contributed by atoms with van der Waals surface area (Å²) in [6, 6.07) is 0. The lowest BCUT2D eigenvalue weighted by atomic mass is 10.2. The topological polar surface area (TPSA) is 102 Å². The lowest BCUT2D eigenvalue weighted by Crippen LogP contribution is -2.47. The fraction of sp³-hybridized carbons (Fsp3) is 0.923. The minimum absolute atomic E-state index is 0.0440. The van der Waals surface area contributed by atoms with Gasteiger partial charge in [-0.2, -0.15) is 13.2 Å². The molecule has 0 rings (SSSR count). The summed E-state index contributed by atoms with van der Waals surface area (Å²) in [5.41, 5.74) is -0.705. The van der Waals surface area contributed by atoms with Crippen LogP contribution in [-0.2, 0) is 4.74 Å². The van der Waals surface area contributed by atoms with Gasteiger partial charge in [-0.3, -0.25) is 4.90 Å². The second-order valence-corrected chi connectivity index (χ2v) is 6.08. The van der Waals surface area contributed by atoms with Gasteiger partial charge in [0.1, 0.15) is 5.60 Å². The van der Waals surface area contributed by atoms with E-state index in [1.165, 1.54) is 0 Å². The van der Waals surface area contributed by atoms with Crippen LogP contribution >= 0.6 is 0 Å². The van der Waals surface area contributed by atoms with E-state index in [9.17, 15) is 23.1 Å². The molecule has 0 heterocycles. The molecule has 0 saturated carbocycles. The summed E-state index contributed by atoms with van der Waals surface area (Å²) >= 11 is 0. The Morgan fingerprint density at radius 1 is 1.22 bits per heavy atom. The van der Waals surface area contributed by atoms with E-state index in [4.69, 9.17) is 14.9 Å². The molecule has 0 aromatic carbocycles. The predicted molar refractivity (Wildman–Crippen MR) is 75.8 cm³/mol. The molecular formula is C13H25F3N2O5. The standard InChI is InChI=1S/C13H25F3N2O5/c1-12(2,3)23-11(22)17-4-5-18(6-9(20)8-19)7-10(21)13(14,15)16/h9-10,19-21H,4-8H2,1-3H3,(H,17,22)/t9-,10-/m0/s1. The first-order valence-electron chi connectivity index (χ1n) is 7.08. The summed E-state index contributed by atoms with van der Waals surface area (Å²) < 4.78 is 42.1. The Bertz CT molecular complexity index is 360. The van der Waals surface area contributed by atoms with Crippen molar-refractivity contribution in [3.8, 4) is 0 Å². The third-order valence-electron chi connectivity index (χ3n) is 2.58. The van der Waals surface area contributed by atoms with Gasteiger partial charge in [-0.15, -0.1) is 0 Å². The van der Waals surface area contributed by atoms with Crippen LogP contribution < -0.4 is 5.32 Å². The second kappa shape index (κ2) is 9.26. The molecule has 0 aliphatic carbocycles. The molecule has 0 aliphatic heterocycles. The zero-order valence-corrected chi connectivity index (χ0v) is 13.4. The maximum atomic E-state index is 12.4. The van der Waals surface area contributed by atoms with E-state index in [0.717, 1.165) is 4.90 Å². The number of carbonyl (C=O) groups excluding carboxylic acids is 1. The Kier molecular flexibility index (Phi) is 8.82. The molecule has 23 heavy (non-hydrogen) atoms. The number of halogens is 3. The van der Waals surface area contributed by atoms with Gasteiger partial charge in [-0.1, -0.05) is 0 Å². The molecule has 0 bridgehead atoms. The van der Waals surface area contributed by atoms with Crippen LogP contribution in [0.2, 0.25) is 0 Å². The van der Waals surface area contributed by atoms with Gasteiger partial charge in [-0.05, 0) is 20.8 Å².